The van der Waals surface area contributed by atoms with E-state index in [1.165, 1.54) is 0 Å². The summed E-state index contributed by atoms with van der Waals surface area (Å²) in [6.45, 7) is 0. The number of alkyl halides is 2. The van der Waals surface area contributed by atoms with Crippen LogP contribution in [0, 0.1) is 0 Å². The minimum Gasteiger partial charge on any atom is -0.393 e. The molecule has 0 fully saturated rings. The second kappa shape index (κ2) is 9.25. The molecule has 0 aliphatic rings. The maximum Gasteiger partial charge on any atom is 0.0574 e. The van der Waals surface area contributed by atoms with E-state index in [-0.39, 0.29) is 6.10 Å². The Bertz CT molecular complexity index is 104. The van der Waals surface area contributed by atoms with E-state index < -0.39 is 0 Å². The maximum atomic E-state index is 9.35. The van der Waals surface area contributed by atoms with Gasteiger partial charge >= 0.3 is 0 Å². The molecule has 1 unspecified atom stereocenters. The Morgan fingerprint density at radius 1 is 1.27 bits per heavy atom. The molecule has 0 radical (unpaired) electrons. The van der Waals surface area contributed by atoms with Gasteiger partial charge in [0.05, 0.1) is 6.10 Å². The third-order valence-electron chi connectivity index (χ3n) is 1.33. The average molecular weight is 380 g/mol. The summed E-state index contributed by atoms with van der Waals surface area (Å²) in [6, 6.07) is 0. The summed E-state index contributed by atoms with van der Waals surface area (Å²) in [5, 5.41) is 9.35. The summed E-state index contributed by atoms with van der Waals surface area (Å²) in [6.07, 6.45) is 6.91. The van der Waals surface area contributed by atoms with E-state index in [9.17, 15) is 5.11 Å². The standard InChI is InChI=1S/C8H14I2O/c9-6-2-1-4-8(11)5-3-7-10/h1-2,8,11H,3-7H2. The van der Waals surface area contributed by atoms with Crippen LogP contribution in [0.15, 0.2) is 12.2 Å². The van der Waals surface area contributed by atoms with Gasteiger partial charge in [-0.2, -0.15) is 0 Å². The van der Waals surface area contributed by atoms with Crippen molar-refractivity contribution in [3.05, 3.63) is 12.2 Å². The van der Waals surface area contributed by atoms with Crippen LogP contribution in [-0.4, -0.2) is 20.1 Å². The lowest BCUT2D eigenvalue weighted by atomic mass is 10.1. The van der Waals surface area contributed by atoms with Crippen molar-refractivity contribution in [1.82, 2.24) is 0 Å². The minimum absolute atomic E-state index is 0.121. The fourth-order valence-corrected chi connectivity index (χ4v) is 1.55. The zero-order chi connectivity index (χ0) is 8.53. The summed E-state index contributed by atoms with van der Waals surface area (Å²) in [4.78, 5) is 0. The van der Waals surface area contributed by atoms with Crippen molar-refractivity contribution >= 4 is 45.2 Å². The first kappa shape index (κ1) is 12.2. The van der Waals surface area contributed by atoms with E-state index >= 15 is 0 Å². The lowest BCUT2D eigenvalue weighted by Gasteiger charge is -2.04. The van der Waals surface area contributed by atoms with E-state index in [0.717, 1.165) is 28.1 Å². The molecule has 0 saturated heterocycles. The zero-order valence-corrected chi connectivity index (χ0v) is 10.8. The number of halogens is 2. The molecule has 0 aliphatic carbocycles. The highest BCUT2D eigenvalue weighted by Crippen LogP contribution is 2.04. The van der Waals surface area contributed by atoms with Crippen molar-refractivity contribution < 1.29 is 5.11 Å². The van der Waals surface area contributed by atoms with Crippen molar-refractivity contribution in [2.75, 3.05) is 8.86 Å². The lowest BCUT2D eigenvalue weighted by Crippen LogP contribution is -2.04. The van der Waals surface area contributed by atoms with E-state index in [1.54, 1.807) is 0 Å². The molecule has 11 heavy (non-hydrogen) atoms. The molecule has 0 spiro atoms. The van der Waals surface area contributed by atoms with E-state index in [4.69, 9.17) is 0 Å². The molecule has 1 atom stereocenters. The second-order valence-corrected chi connectivity index (χ2v) is 4.31. The molecule has 1 nitrogen and oxygen atoms in total. The van der Waals surface area contributed by atoms with Gasteiger partial charge in [0.15, 0.2) is 0 Å². The fourth-order valence-electron chi connectivity index (χ4n) is 0.747. The molecule has 3 heteroatoms. The summed E-state index contributed by atoms with van der Waals surface area (Å²) in [5.41, 5.74) is 0. The molecule has 66 valence electrons. The normalized spacial score (nSPS) is 14.1. The number of allylic oxidation sites excluding steroid dienone is 1. The first-order valence-electron chi connectivity index (χ1n) is 3.76. The molecule has 1 N–H and O–H groups in total. The number of aliphatic hydroxyl groups is 1. The number of hydrogen-bond donors (Lipinski definition) is 1. The molecule has 0 aromatic carbocycles. The smallest absolute Gasteiger partial charge is 0.0574 e. The summed E-state index contributed by atoms with van der Waals surface area (Å²) in [7, 11) is 0. The zero-order valence-electron chi connectivity index (χ0n) is 6.47. The molecule has 0 saturated carbocycles. The number of hydrogen-bond acceptors (Lipinski definition) is 1. The number of rotatable bonds is 6. The number of aliphatic hydroxyl groups excluding tert-OH is 1. The highest BCUT2D eigenvalue weighted by molar-refractivity contribution is 14.1. The summed E-state index contributed by atoms with van der Waals surface area (Å²) in [5.74, 6) is 0. The second-order valence-electron chi connectivity index (χ2n) is 2.35. The SMILES string of the molecule is OC(CC=CCI)CCCI. The Kier molecular flexibility index (Phi) is 10.2. The fraction of sp³-hybridized carbons (Fsp3) is 0.750. The first-order valence-corrected chi connectivity index (χ1v) is 6.81. The topological polar surface area (TPSA) is 20.2 Å². The Labute approximate surface area is 95.9 Å². The third kappa shape index (κ3) is 9.07. The monoisotopic (exact) mass is 380 g/mol. The molecular weight excluding hydrogens is 366 g/mol. The van der Waals surface area contributed by atoms with Crippen molar-refractivity contribution in [2.24, 2.45) is 0 Å². The maximum absolute atomic E-state index is 9.35. The highest BCUT2D eigenvalue weighted by Gasteiger charge is 1.99. The molecule has 0 rings (SSSR count). The van der Waals surface area contributed by atoms with Crippen LogP contribution in [0.3, 0.4) is 0 Å². The van der Waals surface area contributed by atoms with Crippen LogP contribution in [0.25, 0.3) is 0 Å². The summed E-state index contributed by atoms with van der Waals surface area (Å²) < 4.78 is 2.18. The van der Waals surface area contributed by atoms with Crippen molar-refractivity contribution in [2.45, 2.75) is 25.4 Å². The van der Waals surface area contributed by atoms with E-state index in [0.29, 0.717) is 0 Å². The Morgan fingerprint density at radius 3 is 2.55 bits per heavy atom. The first-order chi connectivity index (χ1) is 5.31. The van der Waals surface area contributed by atoms with Gasteiger partial charge in [-0.1, -0.05) is 57.3 Å². The van der Waals surface area contributed by atoms with E-state index in [2.05, 4.69) is 57.3 Å². The van der Waals surface area contributed by atoms with Crippen molar-refractivity contribution in [3.63, 3.8) is 0 Å². The van der Waals surface area contributed by atoms with Crippen LogP contribution in [-0.2, 0) is 0 Å². The predicted molar refractivity (Wildman–Crippen MR) is 66.8 cm³/mol. The van der Waals surface area contributed by atoms with Crippen molar-refractivity contribution in [1.29, 1.82) is 0 Å². The molecule has 0 bridgehead atoms. The van der Waals surface area contributed by atoms with Crippen LogP contribution in [0.2, 0.25) is 0 Å². The summed E-state index contributed by atoms with van der Waals surface area (Å²) >= 11 is 4.63. The van der Waals surface area contributed by atoms with E-state index in [1.807, 2.05) is 0 Å². The van der Waals surface area contributed by atoms with Gasteiger partial charge in [0.1, 0.15) is 0 Å². The Morgan fingerprint density at radius 2 is 2.00 bits per heavy atom. The van der Waals surface area contributed by atoms with Gasteiger partial charge in [-0.05, 0) is 23.7 Å². The van der Waals surface area contributed by atoms with Crippen LogP contribution in [0.5, 0.6) is 0 Å². The van der Waals surface area contributed by atoms with Crippen LogP contribution < -0.4 is 0 Å². The van der Waals surface area contributed by atoms with Gasteiger partial charge in [-0.15, -0.1) is 0 Å². The lowest BCUT2D eigenvalue weighted by molar-refractivity contribution is 0.167. The largest absolute Gasteiger partial charge is 0.393 e. The quantitative estimate of drug-likeness (QED) is 0.427. The Balaban J connectivity index is 3.21. The van der Waals surface area contributed by atoms with Gasteiger partial charge in [0, 0.05) is 4.43 Å². The van der Waals surface area contributed by atoms with Gasteiger partial charge in [0.2, 0.25) is 0 Å². The molecular formula is C8H14I2O. The van der Waals surface area contributed by atoms with Gasteiger partial charge in [-0.3, -0.25) is 0 Å². The molecule has 0 heterocycles. The molecule has 0 aromatic rings. The van der Waals surface area contributed by atoms with Crippen LogP contribution >= 0.6 is 45.2 Å². The predicted octanol–water partition coefficient (Wildman–Crippen LogP) is 2.94. The van der Waals surface area contributed by atoms with Crippen LogP contribution in [0.4, 0.5) is 0 Å². The van der Waals surface area contributed by atoms with Crippen molar-refractivity contribution in [3.8, 4) is 0 Å². The van der Waals surface area contributed by atoms with Gasteiger partial charge < -0.3 is 5.11 Å². The Hall–Kier alpha value is 1.16. The third-order valence-corrected chi connectivity index (χ3v) is 2.61. The highest BCUT2D eigenvalue weighted by atomic mass is 127. The average Bonchev–Trinajstić information content (AvgIpc) is 2.01. The van der Waals surface area contributed by atoms with Gasteiger partial charge in [0.25, 0.3) is 0 Å². The molecule has 0 aromatic heterocycles. The molecule has 0 amide bonds. The minimum atomic E-state index is -0.121. The van der Waals surface area contributed by atoms with Crippen LogP contribution in [0.1, 0.15) is 19.3 Å². The molecule has 0 aliphatic heterocycles. The van der Waals surface area contributed by atoms with Gasteiger partial charge in [-0.25, -0.2) is 0 Å².